The number of hydrogen-bond donors (Lipinski definition) is 0. The topological polar surface area (TPSA) is 62.3 Å². The van der Waals surface area contributed by atoms with Crippen LogP contribution in [-0.2, 0) is 26.7 Å². The van der Waals surface area contributed by atoms with E-state index in [2.05, 4.69) is 47.5 Å². The van der Waals surface area contributed by atoms with Gasteiger partial charge < -0.3 is 14.4 Å². The molecular formula is C33H31N3O4S. The molecule has 2 fully saturated rings. The molecule has 3 aromatic rings. The van der Waals surface area contributed by atoms with E-state index >= 15 is 0 Å². The number of hydrogen-bond acceptors (Lipinski definition) is 7. The zero-order valence-electron chi connectivity index (χ0n) is 22.6. The molecule has 8 rings (SSSR count). The van der Waals surface area contributed by atoms with Gasteiger partial charge in [-0.05, 0) is 47.1 Å². The quantitative estimate of drug-likeness (QED) is 0.453. The van der Waals surface area contributed by atoms with Crippen LogP contribution in [0.2, 0.25) is 0 Å². The monoisotopic (exact) mass is 565 g/mol. The number of nitrogens with zero attached hydrogens (tertiary/aromatic N) is 3. The summed E-state index contributed by atoms with van der Waals surface area (Å²) in [5, 5.41) is 4.25. The third-order valence-electron chi connectivity index (χ3n) is 8.99. The maximum atomic E-state index is 14.2. The maximum Gasteiger partial charge on any atom is 0.251 e. The third kappa shape index (κ3) is 4.36. The highest BCUT2D eigenvalue weighted by atomic mass is 32.2. The fourth-order valence-corrected chi connectivity index (χ4v) is 7.83. The van der Waals surface area contributed by atoms with Crippen molar-refractivity contribution in [3.63, 3.8) is 0 Å². The normalized spacial score (nSPS) is 29.7. The Morgan fingerprint density at radius 2 is 1.80 bits per heavy atom. The summed E-state index contributed by atoms with van der Waals surface area (Å²) >= 11 is 1.83. The average molecular weight is 566 g/mol. The van der Waals surface area contributed by atoms with E-state index in [0.29, 0.717) is 31.7 Å². The molecule has 0 aromatic heterocycles. The molecule has 41 heavy (non-hydrogen) atoms. The van der Waals surface area contributed by atoms with Crippen molar-refractivity contribution in [2.24, 2.45) is 11.8 Å². The molecular weight excluding hydrogens is 534 g/mol. The van der Waals surface area contributed by atoms with Gasteiger partial charge in [0.1, 0.15) is 5.75 Å². The number of ether oxygens (including phenoxy) is 2. The number of thioether (sulfide) groups is 1. The van der Waals surface area contributed by atoms with Crippen LogP contribution in [0.5, 0.6) is 5.75 Å². The van der Waals surface area contributed by atoms with E-state index in [9.17, 15) is 9.59 Å². The maximum absolute atomic E-state index is 14.2. The molecule has 1 aliphatic carbocycles. The van der Waals surface area contributed by atoms with Gasteiger partial charge in [-0.1, -0.05) is 60.7 Å². The number of carbonyl (C=O) groups excluding carboxylic acids is 2. The number of rotatable bonds is 3. The summed E-state index contributed by atoms with van der Waals surface area (Å²) in [7, 11) is 0. The fourth-order valence-electron chi connectivity index (χ4n) is 6.75. The summed E-state index contributed by atoms with van der Waals surface area (Å²) < 4.78 is 12.9. The zero-order valence-corrected chi connectivity index (χ0v) is 23.4. The van der Waals surface area contributed by atoms with Gasteiger partial charge in [0.2, 0.25) is 0 Å². The summed E-state index contributed by atoms with van der Waals surface area (Å²) in [6, 6.07) is 23.7. The average Bonchev–Trinajstić information content (AvgIpc) is 3.77. The molecule has 3 unspecified atom stereocenters. The SMILES string of the molecule is O=C1C=CN2C(C(=O)N3C[C@@H]4C[C@H]4COc4cccc5c4[C@@H](c4ccccc4SC5)N2C3)C1OCc1ccccc1. The Kier molecular flexibility index (Phi) is 6.16. The van der Waals surface area contributed by atoms with Crippen molar-refractivity contribution in [3.8, 4) is 5.75 Å². The van der Waals surface area contributed by atoms with Crippen molar-refractivity contribution in [3.05, 3.63) is 107 Å². The molecule has 0 radical (unpaired) electrons. The van der Waals surface area contributed by atoms with Gasteiger partial charge in [-0.2, -0.15) is 5.01 Å². The van der Waals surface area contributed by atoms with Gasteiger partial charge in [0, 0.05) is 35.0 Å². The number of amides is 1. The van der Waals surface area contributed by atoms with Crippen molar-refractivity contribution in [1.29, 1.82) is 0 Å². The lowest BCUT2D eigenvalue weighted by atomic mass is 9.92. The first-order valence-electron chi connectivity index (χ1n) is 14.3. The molecule has 7 nitrogen and oxygen atoms in total. The van der Waals surface area contributed by atoms with E-state index in [1.165, 1.54) is 16.0 Å². The molecule has 1 saturated heterocycles. The Hall–Kier alpha value is -3.59. The summed E-state index contributed by atoms with van der Waals surface area (Å²) in [6.07, 6.45) is 3.49. The lowest BCUT2D eigenvalue weighted by Gasteiger charge is -2.53. The highest BCUT2D eigenvalue weighted by molar-refractivity contribution is 7.98. The molecule has 1 saturated carbocycles. The molecule has 3 aromatic carbocycles. The van der Waals surface area contributed by atoms with E-state index in [1.807, 2.05) is 52.0 Å². The van der Waals surface area contributed by atoms with Crippen molar-refractivity contribution < 1.29 is 19.1 Å². The van der Waals surface area contributed by atoms with Gasteiger partial charge in [0.25, 0.3) is 5.91 Å². The Balaban J connectivity index is 1.27. The van der Waals surface area contributed by atoms with Gasteiger partial charge in [-0.15, -0.1) is 11.8 Å². The van der Waals surface area contributed by atoms with Crippen molar-refractivity contribution >= 4 is 23.5 Å². The second kappa shape index (κ2) is 10.0. The van der Waals surface area contributed by atoms with Crippen molar-refractivity contribution in [1.82, 2.24) is 14.9 Å². The molecule has 0 spiro atoms. The van der Waals surface area contributed by atoms with Crippen LogP contribution in [-0.4, -0.2) is 58.6 Å². The minimum Gasteiger partial charge on any atom is -0.493 e. The van der Waals surface area contributed by atoms with Crippen LogP contribution in [0.25, 0.3) is 0 Å². The van der Waals surface area contributed by atoms with Crippen LogP contribution < -0.4 is 4.74 Å². The number of fused-ring (bicyclic) bond motifs is 8. The van der Waals surface area contributed by atoms with Gasteiger partial charge in [0.05, 0.1) is 25.9 Å². The van der Waals surface area contributed by atoms with Gasteiger partial charge in [-0.3, -0.25) is 14.6 Å². The van der Waals surface area contributed by atoms with E-state index in [4.69, 9.17) is 9.47 Å². The first-order valence-corrected chi connectivity index (χ1v) is 15.3. The lowest BCUT2D eigenvalue weighted by molar-refractivity contribution is -0.190. The van der Waals surface area contributed by atoms with Crippen LogP contribution in [0, 0.1) is 11.8 Å². The highest BCUT2D eigenvalue weighted by Gasteiger charge is 2.52. The van der Waals surface area contributed by atoms with Crippen LogP contribution in [0.3, 0.4) is 0 Å². The van der Waals surface area contributed by atoms with E-state index in [1.54, 1.807) is 12.3 Å². The van der Waals surface area contributed by atoms with E-state index < -0.39 is 12.1 Å². The summed E-state index contributed by atoms with van der Waals surface area (Å²) in [5.74, 6) is 2.34. The van der Waals surface area contributed by atoms with Crippen LogP contribution in [0.1, 0.15) is 34.7 Å². The number of benzene rings is 3. The van der Waals surface area contributed by atoms with Crippen molar-refractivity contribution in [2.45, 2.75) is 41.9 Å². The van der Waals surface area contributed by atoms with Gasteiger partial charge in [-0.25, -0.2) is 0 Å². The lowest BCUT2D eigenvalue weighted by Crippen LogP contribution is -2.69. The predicted octanol–water partition coefficient (Wildman–Crippen LogP) is 4.78. The fraction of sp³-hybridized carbons (Fsp3) is 0.333. The number of carbonyl (C=O) groups is 2. The molecule has 4 heterocycles. The van der Waals surface area contributed by atoms with Crippen LogP contribution in [0.4, 0.5) is 0 Å². The molecule has 1 amide bonds. The summed E-state index contributed by atoms with van der Waals surface area (Å²) in [5.41, 5.74) is 4.52. The highest BCUT2D eigenvalue weighted by Crippen LogP contribution is 2.49. The second-order valence-corrected chi connectivity index (χ2v) is 12.5. The Morgan fingerprint density at radius 1 is 0.951 bits per heavy atom. The molecule has 0 N–H and O–H groups in total. The molecule has 5 aliphatic rings. The number of hydrazine groups is 1. The first kappa shape index (κ1) is 25.1. The Bertz CT molecular complexity index is 1540. The molecule has 8 heteroatoms. The Labute approximate surface area is 243 Å². The largest absolute Gasteiger partial charge is 0.493 e. The second-order valence-electron chi connectivity index (χ2n) is 11.5. The predicted molar refractivity (Wildman–Crippen MR) is 155 cm³/mol. The van der Waals surface area contributed by atoms with Crippen LogP contribution >= 0.6 is 11.8 Å². The standard InChI is InChI=1S/C33H31N3O4S/c37-26-13-14-35-31(32(26)40-17-21-7-2-1-3-8-21)33(38)34-16-23-15-24(23)18-39-27-11-6-9-22-19-41-28-12-5-4-10-25(28)30(29(22)27)36(35)20-34/h1-14,23-24,30-32H,15-20H2/t23-,24-,30+,31?,32?/m0/s1. The first-order chi connectivity index (χ1) is 20.2. The zero-order chi connectivity index (χ0) is 27.5. The molecule has 6 atom stereocenters. The molecule has 4 aliphatic heterocycles. The van der Waals surface area contributed by atoms with Gasteiger partial charge >= 0.3 is 0 Å². The van der Waals surface area contributed by atoms with Crippen molar-refractivity contribution in [2.75, 3.05) is 19.8 Å². The van der Waals surface area contributed by atoms with Gasteiger partial charge in [0.15, 0.2) is 17.9 Å². The smallest absolute Gasteiger partial charge is 0.251 e. The Morgan fingerprint density at radius 3 is 2.71 bits per heavy atom. The summed E-state index contributed by atoms with van der Waals surface area (Å²) in [6.45, 7) is 2.00. The minimum atomic E-state index is -0.903. The third-order valence-corrected chi connectivity index (χ3v) is 10.1. The van der Waals surface area contributed by atoms with E-state index in [-0.39, 0.29) is 24.3 Å². The number of ketones is 1. The molecule has 208 valence electrons. The van der Waals surface area contributed by atoms with Crippen LogP contribution in [0.15, 0.2) is 90.0 Å². The summed E-state index contributed by atoms with van der Waals surface area (Å²) in [4.78, 5) is 30.8. The molecule has 2 bridgehead atoms. The minimum absolute atomic E-state index is 0.0485. The van der Waals surface area contributed by atoms with E-state index in [0.717, 1.165) is 29.1 Å².